The minimum atomic E-state index is -0.340. The Morgan fingerprint density at radius 1 is 1.19 bits per heavy atom. The van der Waals surface area contributed by atoms with Crippen molar-refractivity contribution in [2.75, 3.05) is 20.6 Å². The van der Waals surface area contributed by atoms with Crippen LogP contribution in [0, 0.1) is 5.82 Å². The fourth-order valence-electron chi connectivity index (χ4n) is 2.70. The zero-order valence-corrected chi connectivity index (χ0v) is 15.7. The van der Waals surface area contributed by atoms with Gasteiger partial charge in [0.1, 0.15) is 5.82 Å². The van der Waals surface area contributed by atoms with Gasteiger partial charge in [0, 0.05) is 23.2 Å². The highest BCUT2D eigenvalue weighted by Gasteiger charge is 2.18. The third kappa shape index (κ3) is 4.72. The van der Waals surface area contributed by atoms with Crippen molar-refractivity contribution in [1.82, 2.24) is 15.4 Å². The van der Waals surface area contributed by atoms with Gasteiger partial charge in [0.2, 0.25) is 0 Å². The van der Waals surface area contributed by atoms with Gasteiger partial charge in [-0.05, 0) is 56.1 Å². The maximum atomic E-state index is 13.1. The molecule has 5 nitrogen and oxygen atoms in total. The summed E-state index contributed by atoms with van der Waals surface area (Å²) in [5.74, 6) is -0.148. The zero-order chi connectivity index (χ0) is 19.4. The van der Waals surface area contributed by atoms with Gasteiger partial charge in [-0.2, -0.15) is 0 Å². The van der Waals surface area contributed by atoms with Crippen LogP contribution in [0.1, 0.15) is 22.1 Å². The monoisotopic (exact) mass is 387 g/mol. The number of nitrogens with one attached hydrogen (secondary N) is 1. The fourth-order valence-corrected chi connectivity index (χ4v) is 2.82. The summed E-state index contributed by atoms with van der Waals surface area (Å²) in [6, 6.07) is 14.8. The van der Waals surface area contributed by atoms with Crippen molar-refractivity contribution in [2.45, 2.75) is 6.04 Å². The first kappa shape index (κ1) is 19.1. The number of halogens is 2. The second-order valence-electron chi connectivity index (χ2n) is 6.32. The molecule has 0 spiro atoms. The van der Waals surface area contributed by atoms with Crippen LogP contribution in [0.15, 0.2) is 59.1 Å². The van der Waals surface area contributed by atoms with Gasteiger partial charge < -0.3 is 14.7 Å². The Morgan fingerprint density at radius 3 is 2.48 bits per heavy atom. The Kier molecular flexibility index (Phi) is 5.88. The highest BCUT2D eigenvalue weighted by atomic mass is 35.5. The van der Waals surface area contributed by atoms with Gasteiger partial charge in [-0.1, -0.05) is 28.9 Å². The molecule has 0 saturated heterocycles. The van der Waals surface area contributed by atoms with Gasteiger partial charge in [0.15, 0.2) is 11.5 Å². The number of benzene rings is 2. The number of rotatable bonds is 6. The first-order valence-corrected chi connectivity index (χ1v) is 8.74. The average Bonchev–Trinajstić information content (AvgIpc) is 3.14. The minimum Gasteiger partial charge on any atom is -0.355 e. The van der Waals surface area contributed by atoms with Crippen molar-refractivity contribution in [1.29, 1.82) is 0 Å². The second kappa shape index (κ2) is 8.33. The Labute approximate surface area is 161 Å². The molecular formula is C20H19ClFN3O2. The summed E-state index contributed by atoms with van der Waals surface area (Å²) in [5.41, 5.74) is 1.88. The Bertz CT molecular complexity index is 908. The maximum absolute atomic E-state index is 13.1. The number of hydrogen-bond donors (Lipinski definition) is 1. The molecule has 1 atom stereocenters. The molecule has 140 valence electrons. The molecule has 2 aromatic carbocycles. The topological polar surface area (TPSA) is 58.4 Å². The predicted octanol–water partition coefficient (Wildman–Crippen LogP) is 4.17. The van der Waals surface area contributed by atoms with E-state index in [0.29, 0.717) is 17.3 Å². The van der Waals surface area contributed by atoms with Gasteiger partial charge in [0.05, 0.1) is 6.04 Å². The minimum absolute atomic E-state index is 0.0998. The molecule has 1 N–H and O–H groups in total. The van der Waals surface area contributed by atoms with E-state index < -0.39 is 0 Å². The molecule has 0 aliphatic carbocycles. The molecule has 0 saturated carbocycles. The fraction of sp³-hybridized carbons (Fsp3) is 0.200. The molecule has 0 aliphatic rings. The molecule has 1 unspecified atom stereocenters. The Morgan fingerprint density at radius 2 is 1.85 bits per heavy atom. The normalized spacial score (nSPS) is 12.2. The number of amides is 1. The van der Waals surface area contributed by atoms with Crippen LogP contribution in [-0.4, -0.2) is 36.6 Å². The zero-order valence-electron chi connectivity index (χ0n) is 14.9. The summed E-state index contributed by atoms with van der Waals surface area (Å²) in [4.78, 5) is 14.4. The van der Waals surface area contributed by atoms with E-state index in [1.54, 1.807) is 42.5 Å². The molecule has 1 aromatic heterocycles. The van der Waals surface area contributed by atoms with Crippen LogP contribution in [0.5, 0.6) is 0 Å². The van der Waals surface area contributed by atoms with Gasteiger partial charge in [-0.25, -0.2) is 4.39 Å². The lowest BCUT2D eigenvalue weighted by molar-refractivity contribution is 0.0933. The maximum Gasteiger partial charge on any atom is 0.273 e. The SMILES string of the molecule is CN(C)C(CNC(=O)c1cc(-c2ccc(Cl)cc2)on1)c1ccc(F)cc1. The average molecular weight is 388 g/mol. The van der Waals surface area contributed by atoms with Gasteiger partial charge >= 0.3 is 0 Å². The number of carbonyl (C=O) groups excluding carboxylic acids is 1. The van der Waals surface area contributed by atoms with Crippen molar-refractivity contribution < 1.29 is 13.7 Å². The molecule has 1 amide bonds. The van der Waals surface area contributed by atoms with Crippen LogP contribution in [0.25, 0.3) is 11.3 Å². The molecular weight excluding hydrogens is 369 g/mol. The molecule has 27 heavy (non-hydrogen) atoms. The van der Waals surface area contributed by atoms with E-state index in [1.165, 1.54) is 12.1 Å². The van der Waals surface area contributed by atoms with Crippen LogP contribution < -0.4 is 5.32 Å². The summed E-state index contributed by atoms with van der Waals surface area (Å²) < 4.78 is 18.4. The quantitative estimate of drug-likeness (QED) is 0.689. The van der Waals surface area contributed by atoms with Crippen LogP contribution in [-0.2, 0) is 0 Å². The van der Waals surface area contributed by atoms with Crippen LogP contribution in [0.3, 0.4) is 0 Å². The first-order chi connectivity index (χ1) is 12.9. The number of likely N-dealkylation sites (N-methyl/N-ethyl adjacent to an activating group) is 1. The number of carbonyl (C=O) groups is 1. The number of hydrogen-bond acceptors (Lipinski definition) is 4. The molecule has 3 rings (SSSR count). The van der Waals surface area contributed by atoms with E-state index in [4.69, 9.17) is 16.1 Å². The molecule has 0 aliphatic heterocycles. The second-order valence-corrected chi connectivity index (χ2v) is 6.76. The van der Waals surface area contributed by atoms with E-state index >= 15 is 0 Å². The Hall–Kier alpha value is -2.70. The standard InChI is InChI=1S/C20H19ClFN3O2/c1-25(2)18(13-5-9-16(22)10-6-13)12-23-20(26)17-11-19(27-24-17)14-3-7-15(21)8-4-14/h3-11,18H,12H2,1-2H3,(H,23,26). The van der Waals surface area contributed by atoms with Gasteiger partial charge in [-0.3, -0.25) is 4.79 Å². The third-order valence-corrected chi connectivity index (χ3v) is 4.46. The molecule has 1 heterocycles. The number of aromatic nitrogens is 1. The number of nitrogens with zero attached hydrogens (tertiary/aromatic N) is 2. The first-order valence-electron chi connectivity index (χ1n) is 8.37. The van der Waals surface area contributed by atoms with Crippen molar-refractivity contribution in [3.8, 4) is 11.3 Å². The van der Waals surface area contributed by atoms with Gasteiger partial charge in [0.25, 0.3) is 5.91 Å². The van der Waals surface area contributed by atoms with E-state index in [1.807, 2.05) is 19.0 Å². The molecule has 0 fully saturated rings. The summed E-state index contributed by atoms with van der Waals surface area (Å²) in [7, 11) is 3.80. The Balaban J connectivity index is 1.67. The van der Waals surface area contributed by atoms with Crippen molar-refractivity contribution in [2.24, 2.45) is 0 Å². The smallest absolute Gasteiger partial charge is 0.273 e. The lowest BCUT2D eigenvalue weighted by atomic mass is 10.1. The van der Waals surface area contributed by atoms with E-state index in [0.717, 1.165) is 11.1 Å². The van der Waals surface area contributed by atoms with E-state index in [2.05, 4.69) is 10.5 Å². The van der Waals surface area contributed by atoms with Gasteiger partial charge in [-0.15, -0.1) is 0 Å². The van der Waals surface area contributed by atoms with E-state index in [-0.39, 0.29) is 23.5 Å². The van der Waals surface area contributed by atoms with Crippen molar-refractivity contribution in [3.05, 3.63) is 76.7 Å². The molecule has 7 heteroatoms. The van der Waals surface area contributed by atoms with Crippen LogP contribution >= 0.6 is 11.6 Å². The molecule has 0 radical (unpaired) electrons. The highest BCUT2D eigenvalue weighted by molar-refractivity contribution is 6.30. The van der Waals surface area contributed by atoms with E-state index in [9.17, 15) is 9.18 Å². The summed E-state index contributed by atoms with van der Waals surface area (Å²) >= 11 is 5.88. The van der Waals surface area contributed by atoms with Crippen molar-refractivity contribution in [3.63, 3.8) is 0 Å². The van der Waals surface area contributed by atoms with Crippen molar-refractivity contribution >= 4 is 17.5 Å². The predicted molar refractivity (Wildman–Crippen MR) is 102 cm³/mol. The van der Waals surface area contributed by atoms with Crippen LogP contribution in [0.2, 0.25) is 5.02 Å². The molecule has 3 aromatic rings. The summed E-state index contributed by atoms with van der Waals surface area (Å²) in [5, 5.41) is 7.31. The highest BCUT2D eigenvalue weighted by Crippen LogP contribution is 2.22. The summed E-state index contributed by atoms with van der Waals surface area (Å²) in [6.07, 6.45) is 0. The third-order valence-electron chi connectivity index (χ3n) is 4.21. The molecule has 0 bridgehead atoms. The largest absolute Gasteiger partial charge is 0.355 e. The lowest BCUT2D eigenvalue weighted by Gasteiger charge is -2.25. The van der Waals surface area contributed by atoms with Crippen LogP contribution in [0.4, 0.5) is 4.39 Å². The lowest BCUT2D eigenvalue weighted by Crippen LogP contribution is -2.34. The summed E-state index contributed by atoms with van der Waals surface area (Å²) in [6.45, 7) is 0.348.